The monoisotopic (exact) mass is 684 g/mol. The Balaban J connectivity index is 1.67. The number of carboxylic acids is 1. The predicted octanol–water partition coefficient (Wildman–Crippen LogP) is 6.42. The molecule has 0 aliphatic carbocycles. The summed E-state index contributed by atoms with van der Waals surface area (Å²) in [5.41, 5.74) is 1.27. The van der Waals surface area contributed by atoms with Crippen molar-refractivity contribution in [3.05, 3.63) is 59.2 Å². The van der Waals surface area contributed by atoms with Gasteiger partial charge < -0.3 is 38.8 Å². The molecule has 0 unspecified atom stereocenters. The summed E-state index contributed by atoms with van der Waals surface area (Å²) in [6.45, 7) is 14.2. The minimum atomic E-state index is -1.16. The average molecular weight is 685 g/mol. The van der Waals surface area contributed by atoms with Crippen LogP contribution in [-0.2, 0) is 37.0 Å². The van der Waals surface area contributed by atoms with Gasteiger partial charge in [-0.2, -0.15) is 0 Å². The highest BCUT2D eigenvalue weighted by atomic mass is 16.5. The second-order valence-corrected chi connectivity index (χ2v) is 15.0. The zero-order valence-electron chi connectivity index (χ0n) is 30.3. The second-order valence-electron chi connectivity index (χ2n) is 15.0. The maximum absolute atomic E-state index is 13.1. The summed E-state index contributed by atoms with van der Waals surface area (Å²) in [5.74, 6) is -0.321. The molecule has 2 heterocycles. The number of rotatable bonds is 16. The van der Waals surface area contributed by atoms with Crippen LogP contribution in [0.5, 0.6) is 5.75 Å². The highest BCUT2D eigenvalue weighted by Crippen LogP contribution is 2.53. The Hall–Kier alpha value is -3.38. The molecule has 2 aliphatic rings. The molecular weight excluding hydrogens is 628 g/mol. The van der Waals surface area contributed by atoms with Crippen LogP contribution in [0.2, 0.25) is 0 Å². The van der Waals surface area contributed by atoms with E-state index in [1.807, 2.05) is 45.0 Å². The van der Waals surface area contributed by atoms with E-state index < -0.39 is 34.5 Å². The number of carbonyl (C=O) groups is 2. The van der Waals surface area contributed by atoms with E-state index in [1.165, 1.54) is 4.90 Å². The first kappa shape index (κ1) is 38.4. The van der Waals surface area contributed by atoms with Crippen molar-refractivity contribution in [1.82, 2.24) is 4.90 Å². The van der Waals surface area contributed by atoms with Gasteiger partial charge in [-0.15, -0.1) is 0 Å². The molecule has 0 aromatic heterocycles. The van der Waals surface area contributed by atoms with Gasteiger partial charge in [0, 0.05) is 33.3 Å². The fourth-order valence-electron chi connectivity index (χ4n) is 7.24. The highest BCUT2D eigenvalue weighted by Gasteiger charge is 2.58. The Kier molecular flexibility index (Phi) is 13.0. The number of anilines is 1. The normalized spacial score (nSPS) is 21.3. The van der Waals surface area contributed by atoms with Gasteiger partial charge in [0.25, 0.3) is 0 Å². The molecule has 49 heavy (non-hydrogen) atoms. The molecule has 272 valence electrons. The van der Waals surface area contributed by atoms with E-state index in [1.54, 1.807) is 28.1 Å². The topological polar surface area (TPSA) is 127 Å². The Bertz CT molecular complexity index is 1390. The van der Waals surface area contributed by atoms with Gasteiger partial charge in [0.2, 0.25) is 0 Å². The number of carboxylic acid groups (broad SMARTS) is 2. The maximum atomic E-state index is 13.1. The van der Waals surface area contributed by atoms with Crippen molar-refractivity contribution in [1.29, 1.82) is 0 Å². The van der Waals surface area contributed by atoms with Crippen molar-refractivity contribution in [3.63, 3.8) is 0 Å². The number of piperidine rings is 1. The van der Waals surface area contributed by atoms with Gasteiger partial charge in [0.05, 0.1) is 62.3 Å². The molecule has 11 nitrogen and oxygen atoms in total. The van der Waals surface area contributed by atoms with E-state index in [0.29, 0.717) is 39.5 Å². The van der Waals surface area contributed by atoms with Crippen molar-refractivity contribution < 1.29 is 43.5 Å². The summed E-state index contributed by atoms with van der Waals surface area (Å²) < 4.78 is 28.7. The summed E-state index contributed by atoms with van der Waals surface area (Å²) in [6.07, 6.45) is -0.0989. The number of hydrogen-bond acceptors (Lipinski definition) is 8. The minimum Gasteiger partial charge on any atom is -0.490 e. The number of amides is 1. The smallest absolute Gasteiger partial charge is 0.407 e. The zero-order chi connectivity index (χ0) is 35.8. The number of nitrogens with zero attached hydrogens (tertiary/aromatic N) is 2. The molecule has 0 spiro atoms. The molecule has 3 atom stereocenters. The van der Waals surface area contributed by atoms with Crippen LogP contribution in [0, 0.1) is 10.8 Å². The number of hydrogen-bond donors (Lipinski definition) is 2. The Morgan fingerprint density at radius 1 is 0.939 bits per heavy atom. The summed E-state index contributed by atoms with van der Waals surface area (Å²) in [6, 6.07) is 14.3. The molecule has 11 heteroatoms. The molecule has 1 saturated heterocycles. The van der Waals surface area contributed by atoms with E-state index in [-0.39, 0.29) is 25.5 Å². The zero-order valence-corrected chi connectivity index (χ0v) is 30.3. The van der Waals surface area contributed by atoms with Crippen LogP contribution in [0.3, 0.4) is 0 Å². The summed E-state index contributed by atoms with van der Waals surface area (Å²) in [4.78, 5) is 29.3. The molecule has 2 N–H and O–H groups in total. The largest absolute Gasteiger partial charge is 0.490 e. The molecule has 4 rings (SSSR count). The molecule has 2 aromatic rings. The third kappa shape index (κ3) is 9.25. The van der Waals surface area contributed by atoms with Crippen molar-refractivity contribution >= 4 is 17.7 Å². The molecule has 2 aliphatic heterocycles. The van der Waals surface area contributed by atoms with Crippen molar-refractivity contribution in [2.75, 3.05) is 65.2 Å². The van der Waals surface area contributed by atoms with Crippen molar-refractivity contribution in [2.24, 2.45) is 10.8 Å². The van der Waals surface area contributed by atoms with Gasteiger partial charge in [-0.25, -0.2) is 4.79 Å². The number of benzene rings is 2. The van der Waals surface area contributed by atoms with E-state index >= 15 is 0 Å². The van der Waals surface area contributed by atoms with E-state index in [9.17, 15) is 19.8 Å². The molecule has 0 radical (unpaired) electrons. The summed E-state index contributed by atoms with van der Waals surface area (Å²) in [7, 11) is 3.35. The number of ether oxygens (including phenoxy) is 5. The second kappa shape index (κ2) is 16.6. The SMILES string of the molecule is COCCCN1CCOc2ccc(CO[C@H]3CN(C(=O)O)[C@](CC(C)(C)C(=O)O)(C(C)(C)C)C[C@@H]3c3ccc(COCCOC)cc3)cc21. The predicted molar refractivity (Wildman–Crippen MR) is 188 cm³/mol. The lowest BCUT2D eigenvalue weighted by Crippen LogP contribution is -2.67. The van der Waals surface area contributed by atoms with Crippen LogP contribution in [0.1, 0.15) is 76.5 Å². The molecule has 0 bridgehead atoms. The first-order chi connectivity index (χ1) is 23.2. The lowest BCUT2D eigenvalue weighted by atomic mass is 9.58. The van der Waals surface area contributed by atoms with Crippen LogP contribution in [0.15, 0.2) is 42.5 Å². The van der Waals surface area contributed by atoms with Gasteiger partial charge >= 0.3 is 12.1 Å². The quantitative estimate of drug-likeness (QED) is 0.191. The molecule has 2 aromatic carbocycles. The van der Waals surface area contributed by atoms with Gasteiger partial charge in [0.1, 0.15) is 12.4 Å². The van der Waals surface area contributed by atoms with E-state index in [0.717, 1.165) is 47.6 Å². The fraction of sp³-hybridized carbons (Fsp3) is 0.632. The fourth-order valence-corrected chi connectivity index (χ4v) is 7.24. The number of fused-ring (bicyclic) bond motifs is 1. The number of methoxy groups -OCH3 is 2. The third-order valence-electron chi connectivity index (χ3n) is 10.2. The number of likely N-dealkylation sites (tertiary alicyclic amines) is 1. The maximum Gasteiger partial charge on any atom is 0.407 e. The molecular formula is C38H56N2O9. The van der Waals surface area contributed by atoms with Crippen LogP contribution >= 0.6 is 0 Å². The van der Waals surface area contributed by atoms with Crippen LogP contribution < -0.4 is 9.64 Å². The van der Waals surface area contributed by atoms with Gasteiger partial charge in [-0.05, 0) is 67.3 Å². The lowest BCUT2D eigenvalue weighted by molar-refractivity contribution is -0.155. The lowest BCUT2D eigenvalue weighted by Gasteiger charge is -2.59. The van der Waals surface area contributed by atoms with Gasteiger partial charge in [-0.3, -0.25) is 9.69 Å². The van der Waals surface area contributed by atoms with Crippen LogP contribution in [0.25, 0.3) is 0 Å². The first-order valence-electron chi connectivity index (χ1n) is 17.2. The Morgan fingerprint density at radius 2 is 1.63 bits per heavy atom. The number of aliphatic carboxylic acids is 1. The van der Waals surface area contributed by atoms with Crippen LogP contribution in [-0.4, -0.2) is 99.1 Å². The minimum absolute atomic E-state index is 0.103. The highest BCUT2D eigenvalue weighted by molar-refractivity contribution is 5.74. The Labute approximate surface area is 291 Å². The summed E-state index contributed by atoms with van der Waals surface area (Å²) in [5, 5.41) is 20.9. The standard InChI is InChI=1S/C38H56N2O9/c1-36(2,3)38(26-37(4,5)34(41)42)22-30(29-12-9-27(10-13-29)24-47-20-19-46-7)33(23-40(38)35(43)44)49-25-28-11-14-32-31(21-28)39(16-18-48-32)15-8-17-45-6/h9-14,21,30,33H,8,15-20,22-26H2,1-7H3,(H,41,42)(H,43,44)/t30-,33+,38-/m1/s1. The molecule has 1 fully saturated rings. The van der Waals surface area contributed by atoms with Crippen molar-refractivity contribution in [2.45, 2.75) is 84.7 Å². The van der Waals surface area contributed by atoms with Gasteiger partial charge in [0.15, 0.2) is 0 Å². The average Bonchev–Trinajstić information content (AvgIpc) is 3.05. The summed E-state index contributed by atoms with van der Waals surface area (Å²) >= 11 is 0. The first-order valence-corrected chi connectivity index (χ1v) is 17.2. The Morgan fingerprint density at radius 3 is 2.27 bits per heavy atom. The van der Waals surface area contributed by atoms with E-state index in [2.05, 4.69) is 23.1 Å². The van der Waals surface area contributed by atoms with Crippen LogP contribution in [0.4, 0.5) is 10.5 Å². The van der Waals surface area contributed by atoms with Gasteiger partial charge in [-0.1, -0.05) is 51.1 Å². The van der Waals surface area contributed by atoms with E-state index in [4.69, 9.17) is 23.7 Å². The van der Waals surface area contributed by atoms with Crippen molar-refractivity contribution in [3.8, 4) is 5.75 Å². The molecule has 0 saturated carbocycles. The third-order valence-corrected chi connectivity index (χ3v) is 10.2. The molecule has 1 amide bonds.